The van der Waals surface area contributed by atoms with Crippen LogP contribution in [0.5, 0.6) is 0 Å². The monoisotopic (exact) mass is 343 g/mol. The van der Waals surface area contributed by atoms with Crippen molar-refractivity contribution < 1.29 is 13.9 Å². The normalized spacial score (nSPS) is 17.8. The minimum Gasteiger partial charge on any atom is -0.441 e. The number of nitrogens with zero attached hydrogens (tertiary/aromatic N) is 2. The number of aromatic nitrogens is 1. The summed E-state index contributed by atoms with van der Waals surface area (Å²) < 4.78 is 11.1. The zero-order chi connectivity index (χ0) is 17.8. The van der Waals surface area contributed by atoms with Gasteiger partial charge in [-0.05, 0) is 37.1 Å². The molecule has 2 aromatic rings. The molecule has 25 heavy (non-hydrogen) atoms. The van der Waals surface area contributed by atoms with Crippen molar-refractivity contribution in [3.63, 3.8) is 0 Å². The number of carbonyl (C=O) groups excluding carboxylic acids is 1. The number of nitrogens with one attached hydrogen (secondary N) is 1. The minimum atomic E-state index is -0.0901. The minimum absolute atomic E-state index is 0.0901. The van der Waals surface area contributed by atoms with Crippen LogP contribution >= 0.6 is 0 Å². The lowest BCUT2D eigenvalue weighted by Gasteiger charge is -2.31. The van der Waals surface area contributed by atoms with E-state index >= 15 is 0 Å². The van der Waals surface area contributed by atoms with Crippen LogP contribution in [0.4, 0.5) is 10.5 Å². The number of likely N-dealkylation sites (tertiary alicyclic amines) is 1. The number of oxazole rings is 1. The highest BCUT2D eigenvalue weighted by molar-refractivity contribution is 5.89. The third-order valence-corrected chi connectivity index (χ3v) is 4.47. The van der Waals surface area contributed by atoms with Gasteiger partial charge < -0.3 is 19.4 Å². The molecule has 134 valence electrons. The fourth-order valence-corrected chi connectivity index (χ4v) is 2.90. The van der Waals surface area contributed by atoms with E-state index in [-0.39, 0.29) is 12.1 Å². The quantitative estimate of drug-likeness (QED) is 0.907. The van der Waals surface area contributed by atoms with Gasteiger partial charge in [0.15, 0.2) is 0 Å². The third-order valence-electron chi connectivity index (χ3n) is 4.47. The van der Waals surface area contributed by atoms with E-state index in [2.05, 4.69) is 24.1 Å². The second-order valence-corrected chi connectivity index (χ2v) is 6.68. The van der Waals surface area contributed by atoms with Crippen LogP contribution in [0.25, 0.3) is 11.5 Å². The lowest BCUT2D eigenvalue weighted by atomic mass is 10.1. The number of ether oxygens (including phenoxy) is 1. The van der Waals surface area contributed by atoms with Gasteiger partial charge in [-0.1, -0.05) is 13.8 Å². The molecule has 1 aliphatic rings. The summed E-state index contributed by atoms with van der Waals surface area (Å²) in [6.07, 6.45) is 3.86. The molecule has 0 bridgehead atoms. The fourth-order valence-electron chi connectivity index (χ4n) is 2.90. The zero-order valence-electron chi connectivity index (χ0n) is 15.0. The first-order valence-electron chi connectivity index (χ1n) is 8.71. The first-order valence-corrected chi connectivity index (χ1v) is 8.71. The summed E-state index contributed by atoms with van der Waals surface area (Å²) >= 11 is 0. The highest BCUT2D eigenvalue weighted by Crippen LogP contribution is 2.24. The van der Waals surface area contributed by atoms with Crippen molar-refractivity contribution in [3.8, 4) is 11.5 Å². The standard InChI is InChI=1S/C19H25N3O3/c1-13(2)17-11-20-18(25-17)14-6-8-15(9-7-14)21-19(23)22-10-4-5-16(12-22)24-3/h6-9,11,13,16H,4-5,10,12H2,1-3H3,(H,21,23). The lowest BCUT2D eigenvalue weighted by Crippen LogP contribution is -2.44. The Morgan fingerprint density at radius 1 is 1.36 bits per heavy atom. The second-order valence-electron chi connectivity index (χ2n) is 6.68. The largest absolute Gasteiger partial charge is 0.441 e. The molecule has 0 radical (unpaired) electrons. The summed E-state index contributed by atoms with van der Waals surface area (Å²) in [6, 6.07) is 7.45. The van der Waals surface area contributed by atoms with Gasteiger partial charge in [0.25, 0.3) is 0 Å². The number of methoxy groups -OCH3 is 1. The first kappa shape index (κ1) is 17.5. The molecule has 0 aliphatic carbocycles. The van der Waals surface area contributed by atoms with Crippen molar-refractivity contribution in [2.24, 2.45) is 0 Å². The van der Waals surface area contributed by atoms with Gasteiger partial charge >= 0.3 is 6.03 Å². The maximum absolute atomic E-state index is 12.4. The van der Waals surface area contributed by atoms with Crippen LogP contribution in [0.15, 0.2) is 34.9 Å². The summed E-state index contributed by atoms with van der Waals surface area (Å²) in [6.45, 7) is 5.53. The van der Waals surface area contributed by atoms with E-state index in [1.54, 1.807) is 18.2 Å². The Bertz CT molecular complexity index is 709. The van der Waals surface area contributed by atoms with E-state index in [1.807, 2.05) is 24.3 Å². The number of hydrogen-bond acceptors (Lipinski definition) is 4. The van der Waals surface area contributed by atoms with Crippen LogP contribution in [-0.4, -0.2) is 42.2 Å². The first-order chi connectivity index (χ1) is 12.1. The predicted octanol–water partition coefficient (Wildman–Crippen LogP) is 4.11. The maximum atomic E-state index is 12.4. The summed E-state index contributed by atoms with van der Waals surface area (Å²) in [5, 5.41) is 2.94. The van der Waals surface area contributed by atoms with Crippen LogP contribution in [-0.2, 0) is 4.74 Å². The van der Waals surface area contributed by atoms with Crippen molar-refractivity contribution in [2.75, 3.05) is 25.5 Å². The van der Waals surface area contributed by atoms with Crippen LogP contribution in [0.1, 0.15) is 38.4 Å². The second kappa shape index (κ2) is 7.70. The van der Waals surface area contributed by atoms with Crippen molar-refractivity contribution in [1.82, 2.24) is 9.88 Å². The smallest absolute Gasteiger partial charge is 0.321 e. The average Bonchev–Trinajstić information content (AvgIpc) is 3.13. The lowest BCUT2D eigenvalue weighted by molar-refractivity contribution is 0.0458. The number of piperidine rings is 1. The van der Waals surface area contributed by atoms with E-state index in [4.69, 9.17) is 9.15 Å². The summed E-state index contributed by atoms with van der Waals surface area (Å²) in [7, 11) is 1.69. The average molecular weight is 343 g/mol. The molecule has 2 amide bonds. The summed E-state index contributed by atoms with van der Waals surface area (Å²) in [5.74, 6) is 1.77. The molecular formula is C19H25N3O3. The molecule has 6 nitrogen and oxygen atoms in total. The maximum Gasteiger partial charge on any atom is 0.321 e. The van der Waals surface area contributed by atoms with E-state index in [0.29, 0.717) is 18.4 Å². The zero-order valence-corrected chi connectivity index (χ0v) is 15.0. The van der Waals surface area contributed by atoms with E-state index in [9.17, 15) is 4.79 Å². The van der Waals surface area contributed by atoms with Gasteiger partial charge in [-0.25, -0.2) is 9.78 Å². The molecule has 1 aliphatic heterocycles. The van der Waals surface area contributed by atoms with Crippen LogP contribution < -0.4 is 5.32 Å². The molecule has 1 saturated heterocycles. The molecule has 1 fully saturated rings. The van der Waals surface area contributed by atoms with Gasteiger partial charge in [0.05, 0.1) is 12.3 Å². The number of carbonyl (C=O) groups is 1. The summed E-state index contributed by atoms with van der Waals surface area (Å²) in [5.41, 5.74) is 1.64. The number of urea groups is 1. The molecule has 1 aromatic heterocycles. The number of rotatable bonds is 4. The highest BCUT2D eigenvalue weighted by Gasteiger charge is 2.23. The Hall–Kier alpha value is -2.34. The molecule has 1 atom stereocenters. The Morgan fingerprint density at radius 3 is 2.76 bits per heavy atom. The fraction of sp³-hybridized carbons (Fsp3) is 0.474. The summed E-state index contributed by atoms with van der Waals surface area (Å²) in [4.78, 5) is 18.5. The molecule has 1 N–H and O–H groups in total. The van der Waals surface area contributed by atoms with Gasteiger partial charge in [-0.15, -0.1) is 0 Å². The molecular weight excluding hydrogens is 318 g/mol. The number of hydrogen-bond donors (Lipinski definition) is 1. The molecule has 0 saturated carbocycles. The Kier molecular flexibility index (Phi) is 5.38. The van der Waals surface area contributed by atoms with Crippen molar-refractivity contribution in [1.29, 1.82) is 0 Å². The van der Waals surface area contributed by atoms with Crippen LogP contribution in [0, 0.1) is 0 Å². The highest BCUT2D eigenvalue weighted by atomic mass is 16.5. The molecule has 1 unspecified atom stereocenters. The van der Waals surface area contributed by atoms with Crippen LogP contribution in [0.3, 0.4) is 0 Å². The Balaban J connectivity index is 1.63. The topological polar surface area (TPSA) is 67.6 Å². The Labute approximate surface area is 148 Å². The molecule has 3 rings (SSSR count). The van der Waals surface area contributed by atoms with E-state index in [0.717, 1.165) is 36.4 Å². The predicted molar refractivity (Wildman–Crippen MR) is 96.7 cm³/mol. The van der Waals surface area contributed by atoms with Gasteiger partial charge in [-0.2, -0.15) is 0 Å². The van der Waals surface area contributed by atoms with Crippen molar-refractivity contribution in [2.45, 2.75) is 38.7 Å². The third kappa shape index (κ3) is 4.20. The molecule has 2 heterocycles. The van der Waals surface area contributed by atoms with Crippen molar-refractivity contribution >= 4 is 11.7 Å². The number of anilines is 1. The van der Waals surface area contributed by atoms with Gasteiger partial charge in [0.1, 0.15) is 5.76 Å². The van der Waals surface area contributed by atoms with E-state index < -0.39 is 0 Å². The van der Waals surface area contributed by atoms with Gasteiger partial charge in [-0.3, -0.25) is 0 Å². The van der Waals surface area contributed by atoms with Gasteiger partial charge in [0.2, 0.25) is 5.89 Å². The SMILES string of the molecule is COC1CCCN(C(=O)Nc2ccc(-c3ncc(C(C)C)o3)cc2)C1. The molecule has 0 spiro atoms. The Morgan fingerprint density at radius 2 is 2.12 bits per heavy atom. The van der Waals surface area contributed by atoms with Crippen molar-refractivity contribution in [3.05, 3.63) is 36.2 Å². The van der Waals surface area contributed by atoms with Crippen LogP contribution in [0.2, 0.25) is 0 Å². The van der Waals surface area contributed by atoms with E-state index in [1.165, 1.54) is 0 Å². The number of amides is 2. The van der Waals surface area contributed by atoms with Gasteiger partial charge in [0, 0.05) is 37.4 Å². The molecule has 6 heteroatoms. The number of benzene rings is 1. The molecule has 1 aromatic carbocycles.